The highest BCUT2D eigenvalue weighted by molar-refractivity contribution is 7.89. The number of hydrogen-bond donors (Lipinski definition) is 1. The van der Waals surface area contributed by atoms with Crippen LogP contribution in [0.25, 0.3) is 0 Å². The van der Waals surface area contributed by atoms with Crippen LogP contribution in [-0.4, -0.2) is 54.6 Å². The summed E-state index contributed by atoms with van der Waals surface area (Å²) in [6.07, 6.45) is 0.407. The van der Waals surface area contributed by atoms with Gasteiger partial charge in [0.15, 0.2) is 0 Å². The van der Waals surface area contributed by atoms with E-state index in [-0.39, 0.29) is 12.1 Å². The van der Waals surface area contributed by atoms with Crippen molar-refractivity contribution in [2.75, 3.05) is 19.6 Å². The zero-order chi connectivity index (χ0) is 13.7. The molecule has 2 aliphatic rings. The maximum absolute atomic E-state index is 12.2. The molecule has 0 aromatic heterocycles. The number of hydrogen-bond acceptors (Lipinski definition) is 4. The van der Waals surface area contributed by atoms with Gasteiger partial charge in [0.1, 0.15) is 0 Å². The minimum absolute atomic E-state index is 0.00714. The summed E-state index contributed by atoms with van der Waals surface area (Å²) in [5, 5.41) is -0.434. The lowest BCUT2D eigenvalue weighted by Gasteiger charge is -2.46. The molecule has 6 nitrogen and oxygen atoms in total. The van der Waals surface area contributed by atoms with E-state index in [2.05, 4.69) is 0 Å². The zero-order valence-corrected chi connectivity index (χ0v) is 11.9. The molecule has 0 aromatic carbocycles. The Kier molecular flexibility index (Phi) is 3.19. The lowest BCUT2D eigenvalue weighted by atomic mass is 9.80. The summed E-state index contributed by atoms with van der Waals surface area (Å²) < 4.78 is 25.3. The van der Waals surface area contributed by atoms with Gasteiger partial charge in [-0.05, 0) is 27.2 Å². The molecule has 2 aliphatic heterocycles. The molecule has 7 heteroatoms. The first-order valence-corrected chi connectivity index (χ1v) is 7.77. The Labute approximate surface area is 108 Å². The molecule has 2 heterocycles. The second kappa shape index (κ2) is 4.18. The lowest BCUT2D eigenvalue weighted by Crippen LogP contribution is -2.63. The smallest absolute Gasteiger partial charge is 0.232 e. The molecular formula is C11H21N3O3S. The number of likely N-dealkylation sites (tertiary alicyclic amines) is 1. The maximum atomic E-state index is 12.2. The second-order valence-electron chi connectivity index (χ2n) is 5.63. The average Bonchev–Trinajstić information content (AvgIpc) is 2.53. The third-order valence-corrected chi connectivity index (χ3v) is 6.12. The van der Waals surface area contributed by atoms with E-state index in [9.17, 15) is 13.2 Å². The summed E-state index contributed by atoms with van der Waals surface area (Å²) in [5.41, 5.74) is 5.23. The number of sulfonamides is 1. The molecular weight excluding hydrogens is 254 g/mol. The van der Waals surface area contributed by atoms with Gasteiger partial charge in [-0.25, -0.2) is 8.42 Å². The van der Waals surface area contributed by atoms with Crippen molar-refractivity contribution in [3.63, 3.8) is 0 Å². The van der Waals surface area contributed by atoms with Crippen molar-refractivity contribution in [3.05, 3.63) is 0 Å². The molecule has 104 valence electrons. The Morgan fingerprint density at radius 1 is 1.28 bits per heavy atom. The summed E-state index contributed by atoms with van der Waals surface area (Å²) in [6, 6.07) is 0. The third kappa shape index (κ3) is 1.85. The topological polar surface area (TPSA) is 83.7 Å². The van der Waals surface area contributed by atoms with E-state index in [0.717, 1.165) is 0 Å². The van der Waals surface area contributed by atoms with Gasteiger partial charge in [0, 0.05) is 19.6 Å². The Morgan fingerprint density at radius 3 is 2.22 bits per heavy atom. The Bertz CT molecular complexity index is 452. The third-order valence-electron chi connectivity index (χ3n) is 3.95. The van der Waals surface area contributed by atoms with Crippen LogP contribution in [0.15, 0.2) is 0 Å². The zero-order valence-electron chi connectivity index (χ0n) is 11.1. The number of rotatable bonds is 3. The highest BCUT2D eigenvalue weighted by atomic mass is 32.2. The fraction of sp³-hybridized carbons (Fsp3) is 0.909. The van der Waals surface area contributed by atoms with E-state index in [1.807, 2.05) is 0 Å². The van der Waals surface area contributed by atoms with Crippen molar-refractivity contribution in [1.82, 2.24) is 9.21 Å². The molecule has 2 rings (SSSR count). The summed E-state index contributed by atoms with van der Waals surface area (Å²) in [6.45, 7) is 6.35. The molecule has 18 heavy (non-hydrogen) atoms. The van der Waals surface area contributed by atoms with Gasteiger partial charge in [-0.15, -0.1) is 0 Å². The number of amides is 1. The predicted molar refractivity (Wildman–Crippen MR) is 68.0 cm³/mol. The molecule has 0 saturated carbocycles. The monoisotopic (exact) mass is 275 g/mol. The van der Waals surface area contributed by atoms with Crippen molar-refractivity contribution in [1.29, 1.82) is 0 Å². The number of nitrogens with two attached hydrogens (primary N) is 1. The SMILES string of the molecule is CC(N)N1CCC2(CN(S(=O)(=O)C(C)C)C2)C1=O. The van der Waals surface area contributed by atoms with Crippen LogP contribution in [0.1, 0.15) is 27.2 Å². The van der Waals surface area contributed by atoms with Crippen molar-refractivity contribution in [2.24, 2.45) is 11.1 Å². The van der Waals surface area contributed by atoms with E-state index in [0.29, 0.717) is 26.1 Å². The Balaban J connectivity index is 2.07. The molecule has 2 fully saturated rings. The number of carbonyl (C=O) groups excluding carboxylic acids is 1. The normalized spacial score (nSPS) is 25.8. The maximum Gasteiger partial charge on any atom is 0.232 e. The van der Waals surface area contributed by atoms with Gasteiger partial charge >= 0.3 is 0 Å². The lowest BCUT2D eigenvalue weighted by molar-refractivity contribution is -0.142. The largest absolute Gasteiger partial charge is 0.327 e. The molecule has 2 N–H and O–H groups in total. The molecule has 1 unspecified atom stereocenters. The van der Waals surface area contributed by atoms with Gasteiger partial charge < -0.3 is 10.6 Å². The molecule has 0 aromatic rings. The highest BCUT2D eigenvalue weighted by Gasteiger charge is 2.58. The van der Waals surface area contributed by atoms with Gasteiger partial charge in [-0.1, -0.05) is 0 Å². The van der Waals surface area contributed by atoms with Crippen LogP contribution >= 0.6 is 0 Å². The second-order valence-corrected chi connectivity index (χ2v) is 8.12. The molecule has 0 aliphatic carbocycles. The van der Waals surface area contributed by atoms with E-state index in [4.69, 9.17) is 5.73 Å². The van der Waals surface area contributed by atoms with E-state index in [1.165, 1.54) is 4.31 Å². The number of nitrogens with zero attached hydrogens (tertiary/aromatic N) is 2. The van der Waals surface area contributed by atoms with Gasteiger partial charge in [-0.3, -0.25) is 4.79 Å². The summed E-state index contributed by atoms with van der Waals surface area (Å²) in [7, 11) is -3.23. The Morgan fingerprint density at radius 2 is 1.83 bits per heavy atom. The van der Waals surface area contributed by atoms with E-state index in [1.54, 1.807) is 25.7 Å². The summed E-state index contributed by atoms with van der Waals surface area (Å²) in [5.74, 6) is 0.00714. The minimum atomic E-state index is -3.23. The molecule has 2 saturated heterocycles. The van der Waals surface area contributed by atoms with Crippen LogP contribution < -0.4 is 5.73 Å². The first-order chi connectivity index (χ1) is 8.20. The first-order valence-electron chi connectivity index (χ1n) is 6.26. The fourth-order valence-corrected chi connectivity index (χ4v) is 4.09. The van der Waals surface area contributed by atoms with Crippen LogP contribution in [0.3, 0.4) is 0 Å². The number of carbonyl (C=O) groups is 1. The molecule has 0 radical (unpaired) electrons. The minimum Gasteiger partial charge on any atom is -0.327 e. The highest BCUT2D eigenvalue weighted by Crippen LogP contribution is 2.42. The molecule has 1 amide bonds. The first kappa shape index (κ1) is 13.8. The molecule has 1 spiro atoms. The molecule has 1 atom stereocenters. The summed E-state index contributed by atoms with van der Waals surface area (Å²) in [4.78, 5) is 13.9. The Hall–Kier alpha value is -0.660. The van der Waals surface area contributed by atoms with Crippen molar-refractivity contribution in [3.8, 4) is 0 Å². The predicted octanol–water partition coefficient (Wildman–Crippen LogP) is -0.436. The van der Waals surface area contributed by atoms with Crippen LogP contribution in [-0.2, 0) is 14.8 Å². The molecule has 0 bridgehead atoms. The van der Waals surface area contributed by atoms with Gasteiger partial charge in [-0.2, -0.15) is 4.31 Å². The standard InChI is InChI=1S/C11H21N3O3S/c1-8(2)18(16,17)13-6-11(7-13)4-5-14(9(3)12)10(11)15/h8-9H,4-7,12H2,1-3H3. The van der Waals surface area contributed by atoms with E-state index >= 15 is 0 Å². The van der Waals surface area contributed by atoms with Gasteiger partial charge in [0.05, 0.1) is 16.8 Å². The average molecular weight is 275 g/mol. The van der Waals surface area contributed by atoms with Crippen LogP contribution in [0.5, 0.6) is 0 Å². The van der Waals surface area contributed by atoms with Crippen LogP contribution in [0.2, 0.25) is 0 Å². The van der Waals surface area contributed by atoms with E-state index < -0.39 is 20.7 Å². The van der Waals surface area contributed by atoms with Gasteiger partial charge in [0.25, 0.3) is 0 Å². The van der Waals surface area contributed by atoms with Crippen LogP contribution in [0.4, 0.5) is 0 Å². The van der Waals surface area contributed by atoms with Gasteiger partial charge in [0.2, 0.25) is 15.9 Å². The van der Waals surface area contributed by atoms with Crippen molar-refractivity contribution in [2.45, 2.75) is 38.6 Å². The van der Waals surface area contributed by atoms with Crippen molar-refractivity contribution >= 4 is 15.9 Å². The fourth-order valence-electron chi connectivity index (χ4n) is 2.64. The quantitative estimate of drug-likeness (QED) is 0.757. The van der Waals surface area contributed by atoms with Crippen LogP contribution in [0, 0.1) is 5.41 Å². The van der Waals surface area contributed by atoms with Crippen molar-refractivity contribution < 1.29 is 13.2 Å². The summed E-state index contributed by atoms with van der Waals surface area (Å²) >= 11 is 0.